The van der Waals surface area contributed by atoms with E-state index in [1.165, 1.54) is 11.1 Å². The van der Waals surface area contributed by atoms with Gasteiger partial charge in [-0.3, -0.25) is 0 Å². The molecule has 17 heavy (non-hydrogen) atoms. The van der Waals surface area contributed by atoms with Crippen molar-refractivity contribution >= 4 is 8.56 Å². The molecule has 1 aromatic carbocycles. The van der Waals surface area contributed by atoms with Gasteiger partial charge in [-0.05, 0) is 50.6 Å². The Morgan fingerprint density at radius 3 is 2.53 bits per heavy atom. The minimum absolute atomic E-state index is 0.806. The molecule has 0 saturated heterocycles. The third-order valence-corrected chi connectivity index (χ3v) is 4.47. The summed E-state index contributed by atoms with van der Waals surface area (Å²) in [5.74, 6) is 0.971. The summed E-state index contributed by atoms with van der Waals surface area (Å²) in [5, 5.41) is 0. The van der Waals surface area contributed by atoms with Gasteiger partial charge in [0.2, 0.25) is 0 Å². The molecule has 0 unspecified atom stereocenters. The van der Waals surface area contributed by atoms with Crippen molar-refractivity contribution in [3.8, 4) is 5.75 Å². The van der Waals surface area contributed by atoms with Gasteiger partial charge < -0.3 is 8.85 Å². The summed E-state index contributed by atoms with van der Waals surface area (Å²) in [7, 11) is -2.04. The van der Waals surface area contributed by atoms with Crippen molar-refractivity contribution in [3.63, 3.8) is 0 Å². The molecule has 1 aromatic rings. The van der Waals surface area contributed by atoms with Crippen LogP contribution in [0.15, 0.2) is 18.2 Å². The Bertz CT molecular complexity index is 361. The molecule has 1 rings (SSSR count). The lowest BCUT2D eigenvalue weighted by Crippen LogP contribution is -2.38. The second kappa shape index (κ2) is 6.22. The SMILES string of the molecule is CCCCO[Si](C)(C)Oc1cccc(C)c1C. The zero-order chi connectivity index (χ0) is 12.9. The van der Waals surface area contributed by atoms with Gasteiger partial charge in [-0.1, -0.05) is 25.5 Å². The Morgan fingerprint density at radius 1 is 1.18 bits per heavy atom. The number of hydrogen-bond acceptors (Lipinski definition) is 2. The lowest BCUT2D eigenvalue weighted by molar-refractivity contribution is 0.243. The summed E-state index contributed by atoms with van der Waals surface area (Å²) < 4.78 is 12.0. The molecule has 3 heteroatoms. The van der Waals surface area contributed by atoms with E-state index in [-0.39, 0.29) is 0 Å². The highest BCUT2D eigenvalue weighted by Crippen LogP contribution is 2.24. The van der Waals surface area contributed by atoms with Crippen LogP contribution in [0.2, 0.25) is 13.1 Å². The highest BCUT2D eigenvalue weighted by Gasteiger charge is 2.27. The predicted molar refractivity (Wildman–Crippen MR) is 74.9 cm³/mol. The molecule has 2 nitrogen and oxygen atoms in total. The first-order valence-electron chi connectivity index (χ1n) is 6.35. The van der Waals surface area contributed by atoms with Crippen LogP contribution in [-0.4, -0.2) is 15.2 Å². The molecule has 0 aliphatic heterocycles. The standard InChI is InChI=1S/C14H24O2Si/c1-6-7-11-15-17(4,5)16-14-10-8-9-12(2)13(14)3/h8-10H,6-7,11H2,1-5H3. The Kier molecular flexibility index (Phi) is 5.21. The maximum atomic E-state index is 6.08. The van der Waals surface area contributed by atoms with Gasteiger partial charge in [0.1, 0.15) is 5.75 Å². The van der Waals surface area contributed by atoms with Crippen molar-refractivity contribution in [1.82, 2.24) is 0 Å². The molecule has 0 aliphatic rings. The van der Waals surface area contributed by atoms with E-state index in [2.05, 4.69) is 39.9 Å². The van der Waals surface area contributed by atoms with Gasteiger partial charge in [0.15, 0.2) is 0 Å². The fraction of sp³-hybridized carbons (Fsp3) is 0.571. The lowest BCUT2D eigenvalue weighted by atomic mass is 10.1. The predicted octanol–water partition coefficient (Wildman–Crippen LogP) is 4.20. The number of benzene rings is 1. The smallest absolute Gasteiger partial charge is 0.392 e. The number of hydrogen-bond donors (Lipinski definition) is 0. The normalized spacial score (nSPS) is 11.6. The fourth-order valence-electron chi connectivity index (χ4n) is 1.59. The Morgan fingerprint density at radius 2 is 1.88 bits per heavy atom. The summed E-state index contributed by atoms with van der Waals surface area (Å²) in [6, 6.07) is 6.17. The van der Waals surface area contributed by atoms with Crippen molar-refractivity contribution in [2.75, 3.05) is 6.61 Å². The molecule has 0 fully saturated rings. The summed E-state index contributed by atoms with van der Waals surface area (Å²) in [4.78, 5) is 0. The molecular weight excluding hydrogens is 228 g/mol. The van der Waals surface area contributed by atoms with Gasteiger partial charge in [-0.15, -0.1) is 0 Å². The first kappa shape index (κ1) is 14.3. The van der Waals surface area contributed by atoms with Gasteiger partial charge in [-0.25, -0.2) is 0 Å². The maximum absolute atomic E-state index is 6.08. The number of aryl methyl sites for hydroxylation is 1. The molecule has 0 spiro atoms. The van der Waals surface area contributed by atoms with Crippen molar-refractivity contribution in [2.45, 2.75) is 46.7 Å². The quantitative estimate of drug-likeness (QED) is 0.558. The molecule has 0 aromatic heterocycles. The van der Waals surface area contributed by atoms with Crippen LogP contribution in [0.4, 0.5) is 0 Å². The molecular formula is C14H24O2Si. The van der Waals surface area contributed by atoms with Crippen LogP contribution < -0.4 is 4.43 Å². The van der Waals surface area contributed by atoms with E-state index in [1.54, 1.807) is 0 Å². The van der Waals surface area contributed by atoms with E-state index < -0.39 is 8.56 Å². The van der Waals surface area contributed by atoms with Crippen molar-refractivity contribution in [3.05, 3.63) is 29.3 Å². The van der Waals surface area contributed by atoms with E-state index >= 15 is 0 Å². The fourth-order valence-corrected chi connectivity index (χ4v) is 3.04. The summed E-state index contributed by atoms with van der Waals surface area (Å²) >= 11 is 0. The highest BCUT2D eigenvalue weighted by molar-refractivity contribution is 6.65. The zero-order valence-electron chi connectivity index (χ0n) is 11.7. The van der Waals surface area contributed by atoms with Gasteiger partial charge in [0.25, 0.3) is 0 Å². The summed E-state index contributed by atoms with van der Waals surface area (Å²) in [5.41, 5.74) is 2.48. The molecule has 0 bridgehead atoms. The first-order valence-corrected chi connectivity index (χ1v) is 9.17. The molecule has 0 saturated carbocycles. The van der Waals surface area contributed by atoms with E-state index in [1.807, 2.05) is 12.1 Å². The van der Waals surface area contributed by atoms with E-state index in [0.717, 1.165) is 25.2 Å². The Hall–Kier alpha value is -0.803. The van der Waals surface area contributed by atoms with Crippen LogP contribution >= 0.6 is 0 Å². The van der Waals surface area contributed by atoms with Gasteiger partial charge in [0.05, 0.1) is 0 Å². The van der Waals surface area contributed by atoms with E-state index in [0.29, 0.717) is 0 Å². The average molecular weight is 252 g/mol. The molecule has 0 atom stereocenters. The monoisotopic (exact) mass is 252 g/mol. The number of rotatable bonds is 6. The third kappa shape index (κ3) is 4.52. The minimum atomic E-state index is -2.04. The summed E-state index contributed by atoms with van der Waals surface area (Å²) in [6.45, 7) is 11.4. The van der Waals surface area contributed by atoms with Gasteiger partial charge in [0, 0.05) is 6.61 Å². The number of unbranched alkanes of at least 4 members (excludes halogenated alkanes) is 1. The van der Waals surface area contributed by atoms with Crippen molar-refractivity contribution < 1.29 is 8.85 Å². The third-order valence-electron chi connectivity index (χ3n) is 2.86. The molecule has 96 valence electrons. The van der Waals surface area contributed by atoms with Gasteiger partial charge in [-0.2, -0.15) is 0 Å². The highest BCUT2D eigenvalue weighted by atomic mass is 28.4. The Labute approximate surface area is 106 Å². The van der Waals surface area contributed by atoms with Crippen molar-refractivity contribution in [2.24, 2.45) is 0 Å². The largest absolute Gasteiger partial charge is 0.520 e. The second-order valence-electron chi connectivity index (χ2n) is 4.90. The minimum Gasteiger partial charge on any atom is -0.520 e. The van der Waals surface area contributed by atoms with Crippen LogP contribution in [0.3, 0.4) is 0 Å². The zero-order valence-corrected chi connectivity index (χ0v) is 12.7. The first-order chi connectivity index (χ1) is 7.96. The van der Waals surface area contributed by atoms with Crippen LogP contribution in [-0.2, 0) is 4.43 Å². The molecule has 0 amide bonds. The molecule has 0 N–H and O–H groups in total. The molecule has 0 radical (unpaired) electrons. The van der Waals surface area contributed by atoms with Crippen LogP contribution in [0.25, 0.3) is 0 Å². The lowest BCUT2D eigenvalue weighted by Gasteiger charge is -2.25. The summed E-state index contributed by atoms with van der Waals surface area (Å²) in [6.07, 6.45) is 2.26. The van der Waals surface area contributed by atoms with Gasteiger partial charge >= 0.3 is 8.56 Å². The maximum Gasteiger partial charge on any atom is 0.392 e. The van der Waals surface area contributed by atoms with Crippen LogP contribution in [0.1, 0.15) is 30.9 Å². The second-order valence-corrected chi connectivity index (χ2v) is 8.19. The molecule has 0 heterocycles. The van der Waals surface area contributed by atoms with E-state index in [9.17, 15) is 0 Å². The Balaban J connectivity index is 2.65. The topological polar surface area (TPSA) is 18.5 Å². The van der Waals surface area contributed by atoms with Crippen LogP contribution in [0.5, 0.6) is 5.75 Å². The van der Waals surface area contributed by atoms with Crippen molar-refractivity contribution in [1.29, 1.82) is 0 Å². The molecule has 0 aliphatic carbocycles. The van der Waals surface area contributed by atoms with E-state index in [4.69, 9.17) is 8.85 Å². The van der Waals surface area contributed by atoms with Crippen LogP contribution in [0, 0.1) is 13.8 Å². The average Bonchev–Trinajstić information content (AvgIpc) is 2.25.